The zero-order valence-electron chi connectivity index (χ0n) is 13.7. The summed E-state index contributed by atoms with van der Waals surface area (Å²) in [6.45, 7) is 4.35. The van der Waals surface area contributed by atoms with Gasteiger partial charge in [0.1, 0.15) is 5.52 Å². The second-order valence-corrected chi connectivity index (χ2v) is 5.99. The maximum absolute atomic E-state index is 14.2. The fraction of sp³-hybridized carbons (Fsp3) is 0.278. The van der Waals surface area contributed by atoms with Crippen LogP contribution in [-0.2, 0) is 6.54 Å². The molecule has 2 aromatic heterocycles. The van der Waals surface area contributed by atoms with Gasteiger partial charge in [0.25, 0.3) is 0 Å². The number of benzene rings is 1. The van der Waals surface area contributed by atoms with Crippen LogP contribution in [0.25, 0.3) is 11.0 Å². The Bertz CT molecular complexity index is 878. The molecule has 1 fully saturated rings. The Kier molecular flexibility index (Phi) is 4.39. The first-order valence-electron chi connectivity index (χ1n) is 8.34. The molecule has 128 valence electrons. The van der Waals surface area contributed by atoms with Gasteiger partial charge in [-0.05, 0) is 23.8 Å². The number of hydrogen-bond acceptors (Lipinski definition) is 6. The Hall–Kier alpha value is -2.80. The zero-order chi connectivity index (χ0) is 17.1. The molecule has 0 radical (unpaired) electrons. The Balaban J connectivity index is 1.55. The van der Waals surface area contributed by atoms with Gasteiger partial charge in [0.05, 0.1) is 23.1 Å². The summed E-state index contributed by atoms with van der Waals surface area (Å²) in [4.78, 5) is 14.8. The molecule has 6 nitrogen and oxygen atoms in total. The van der Waals surface area contributed by atoms with Gasteiger partial charge in [0, 0.05) is 51.3 Å². The molecule has 7 heteroatoms. The number of pyridine rings is 1. The van der Waals surface area contributed by atoms with Crippen LogP contribution in [0.4, 0.5) is 15.8 Å². The number of nitrogens with zero attached hydrogens (tertiary/aromatic N) is 4. The van der Waals surface area contributed by atoms with E-state index in [2.05, 4.69) is 30.5 Å². The van der Waals surface area contributed by atoms with Crippen LogP contribution < -0.4 is 15.5 Å². The minimum absolute atomic E-state index is 0.300. The summed E-state index contributed by atoms with van der Waals surface area (Å²) in [7, 11) is 0. The Labute approximate surface area is 145 Å². The fourth-order valence-electron chi connectivity index (χ4n) is 3.09. The maximum Gasteiger partial charge on any atom is 0.151 e. The molecule has 0 amide bonds. The van der Waals surface area contributed by atoms with Crippen LogP contribution in [0.15, 0.2) is 43.0 Å². The van der Waals surface area contributed by atoms with Crippen molar-refractivity contribution < 1.29 is 4.39 Å². The van der Waals surface area contributed by atoms with E-state index in [0.717, 1.165) is 43.1 Å². The van der Waals surface area contributed by atoms with Gasteiger partial charge in [0.15, 0.2) is 5.82 Å². The highest BCUT2D eigenvalue weighted by Crippen LogP contribution is 2.26. The normalized spacial score (nSPS) is 14.7. The average Bonchev–Trinajstić information content (AvgIpc) is 2.67. The molecule has 0 aliphatic carbocycles. The second kappa shape index (κ2) is 6.98. The van der Waals surface area contributed by atoms with Gasteiger partial charge in [-0.15, -0.1) is 0 Å². The Morgan fingerprint density at radius 1 is 1.12 bits per heavy atom. The highest BCUT2D eigenvalue weighted by Gasteiger charge is 2.14. The van der Waals surface area contributed by atoms with E-state index in [4.69, 9.17) is 0 Å². The third kappa shape index (κ3) is 3.36. The number of hydrogen-bond donors (Lipinski definition) is 2. The minimum Gasteiger partial charge on any atom is -0.378 e. The number of anilines is 2. The highest BCUT2D eigenvalue weighted by atomic mass is 19.1. The molecule has 0 spiro atoms. The van der Waals surface area contributed by atoms with Crippen molar-refractivity contribution in [3.05, 3.63) is 54.4 Å². The van der Waals surface area contributed by atoms with Crippen molar-refractivity contribution >= 4 is 22.4 Å². The van der Waals surface area contributed by atoms with Crippen molar-refractivity contribution in [2.45, 2.75) is 6.54 Å². The number of aromatic nitrogens is 3. The zero-order valence-corrected chi connectivity index (χ0v) is 13.7. The van der Waals surface area contributed by atoms with E-state index in [0.29, 0.717) is 17.6 Å². The van der Waals surface area contributed by atoms with E-state index in [1.54, 1.807) is 12.4 Å². The predicted octanol–water partition coefficient (Wildman–Crippen LogP) is 2.19. The summed E-state index contributed by atoms with van der Waals surface area (Å²) in [6, 6.07) is 5.38. The molecule has 4 rings (SSSR count). The van der Waals surface area contributed by atoms with E-state index in [-0.39, 0.29) is 5.82 Å². The molecule has 0 unspecified atom stereocenters. The van der Waals surface area contributed by atoms with Crippen molar-refractivity contribution in [2.24, 2.45) is 0 Å². The molecule has 1 aromatic carbocycles. The van der Waals surface area contributed by atoms with E-state index in [9.17, 15) is 4.39 Å². The SMILES string of the molecule is Fc1cc(CNc2cnccc2N2CCNCC2)cc2nccnc12. The molecule has 1 aliphatic rings. The van der Waals surface area contributed by atoms with E-state index >= 15 is 0 Å². The van der Waals surface area contributed by atoms with E-state index in [1.165, 1.54) is 12.3 Å². The standard InChI is InChI=1S/C18H19FN6/c19-14-9-13(10-15-18(14)23-4-3-22-15)11-24-16-12-21-2-1-17(16)25-7-5-20-6-8-25/h1-4,9-10,12,20,24H,5-8,11H2. The van der Waals surface area contributed by atoms with Crippen LogP contribution in [0.5, 0.6) is 0 Å². The minimum atomic E-state index is -0.351. The molecule has 1 aliphatic heterocycles. The first kappa shape index (κ1) is 15.7. The van der Waals surface area contributed by atoms with Gasteiger partial charge in [-0.1, -0.05) is 0 Å². The first-order chi connectivity index (χ1) is 12.3. The van der Waals surface area contributed by atoms with Crippen LogP contribution >= 0.6 is 0 Å². The number of halogens is 1. The van der Waals surface area contributed by atoms with Crippen molar-refractivity contribution in [3.8, 4) is 0 Å². The summed E-state index contributed by atoms with van der Waals surface area (Å²) in [5.74, 6) is -0.351. The molecule has 0 atom stereocenters. The second-order valence-electron chi connectivity index (χ2n) is 5.99. The molecule has 3 aromatic rings. The molecule has 25 heavy (non-hydrogen) atoms. The van der Waals surface area contributed by atoms with Gasteiger partial charge in [-0.25, -0.2) is 9.37 Å². The number of rotatable bonds is 4. The first-order valence-corrected chi connectivity index (χ1v) is 8.34. The molecule has 0 saturated carbocycles. The van der Waals surface area contributed by atoms with Crippen LogP contribution in [0.2, 0.25) is 0 Å². The van der Waals surface area contributed by atoms with Crippen LogP contribution in [0.1, 0.15) is 5.56 Å². The molecule has 3 heterocycles. The summed E-state index contributed by atoms with van der Waals surface area (Å²) < 4.78 is 14.2. The van der Waals surface area contributed by atoms with Crippen molar-refractivity contribution in [3.63, 3.8) is 0 Å². The topological polar surface area (TPSA) is 66.0 Å². The Morgan fingerprint density at radius 2 is 1.96 bits per heavy atom. The lowest BCUT2D eigenvalue weighted by Gasteiger charge is -2.31. The third-order valence-electron chi connectivity index (χ3n) is 4.33. The van der Waals surface area contributed by atoms with Crippen LogP contribution in [0.3, 0.4) is 0 Å². The largest absolute Gasteiger partial charge is 0.378 e. The van der Waals surface area contributed by atoms with E-state index < -0.39 is 0 Å². The number of nitrogens with one attached hydrogen (secondary N) is 2. The van der Waals surface area contributed by atoms with Crippen LogP contribution in [-0.4, -0.2) is 41.1 Å². The molecule has 1 saturated heterocycles. The fourth-order valence-corrected chi connectivity index (χ4v) is 3.09. The van der Waals surface area contributed by atoms with Crippen LogP contribution in [0, 0.1) is 5.82 Å². The average molecular weight is 338 g/mol. The molecule has 0 bridgehead atoms. The third-order valence-corrected chi connectivity index (χ3v) is 4.33. The van der Waals surface area contributed by atoms with Gasteiger partial charge >= 0.3 is 0 Å². The summed E-state index contributed by atoms with van der Waals surface area (Å²) in [5, 5.41) is 6.73. The van der Waals surface area contributed by atoms with Crippen molar-refractivity contribution in [2.75, 3.05) is 36.4 Å². The molecular formula is C18H19FN6. The van der Waals surface area contributed by atoms with Gasteiger partial charge in [0.2, 0.25) is 0 Å². The van der Waals surface area contributed by atoms with Gasteiger partial charge in [-0.3, -0.25) is 9.97 Å². The Morgan fingerprint density at radius 3 is 2.84 bits per heavy atom. The summed E-state index contributed by atoms with van der Waals surface area (Å²) >= 11 is 0. The highest BCUT2D eigenvalue weighted by molar-refractivity contribution is 5.75. The monoisotopic (exact) mass is 338 g/mol. The predicted molar refractivity (Wildman–Crippen MR) is 96.1 cm³/mol. The molecule has 2 N–H and O–H groups in total. The lowest BCUT2D eigenvalue weighted by atomic mass is 10.1. The van der Waals surface area contributed by atoms with Gasteiger partial charge in [-0.2, -0.15) is 0 Å². The van der Waals surface area contributed by atoms with E-state index in [1.807, 2.05) is 18.3 Å². The summed E-state index contributed by atoms with van der Waals surface area (Å²) in [5.41, 5.74) is 3.75. The summed E-state index contributed by atoms with van der Waals surface area (Å²) in [6.07, 6.45) is 6.68. The lowest BCUT2D eigenvalue weighted by Crippen LogP contribution is -2.43. The number of piperazine rings is 1. The van der Waals surface area contributed by atoms with Gasteiger partial charge < -0.3 is 15.5 Å². The maximum atomic E-state index is 14.2. The molecular weight excluding hydrogens is 319 g/mol. The quantitative estimate of drug-likeness (QED) is 0.760. The van der Waals surface area contributed by atoms with Crippen molar-refractivity contribution in [1.29, 1.82) is 0 Å². The lowest BCUT2D eigenvalue weighted by molar-refractivity contribution is 0.589. The number of fused-ring (bicyclic) bond motifs is 1. The smallest absolute Gasteiger partial charge is 0.151 e. The van der Waals surface area contributed by atoms with Crippen molar-refractivity contribution in [1.82, 2.24) is 20.3 Å².